The fourth-order valence-corrected chi connectivity index (χ4v) is 1.48. The molecule has 0 aliphatic heterocycles. The van der Waals surface area contributed by atoms with Crippen LogP contribution >= 0.6 is 0 Å². The molecular formula is C12H13FN2O2. The molecule has 5 heteroatoms. The molecule has 0 aliphatic rings. The highest BCUT2D eigenvalue weighted by atomic mass is 19.1. The van der Waals surface area contributed by atoms with Gasteiger partial charge in [0.15, 0.2) is 0 Å². The standard InChI is InChI=1S/C12H13FN2O2/c1-2-17-12(16)5-8-3-9(6-14)10(7-15)11(13)4-8/h3-4H,2,5,7,15H2,1H3. The smallest absolute Gasteiger partial charge is 0.310 e. The monoisotopic (exact) mass is 236 g/mol. The van der Waals surface area contributed by atoms with Gasteiger partial charge in [0.2, 0.25) is 0 Å². The quantitative estimate of drug-likeness (QED) is 0.798. The second-order valence-electron chi connectivity index (χ2n) is 3.40. The molecule has 2 N–H and O–H groups in total. The van der Waals surface area contributed by atoms with Gasteiger partial charge in [-0.1, -0.05) is 0 Å². The van der Waals surface area contributed by atoms with Crippen LogP contribution in [0.25, 0.3) is 0 Å². The number of carbonyl (C=O) groups excluding carboxylic acids is 1. The fraction of sp³-hybridized carbons (Fsp3) is 0.333. The van der Waals surface area contributed by atoms with Crippen LogP contribution in [-0.4, -0.2) is 12.6 Å². The summed E-state index contributed by atoms with van der Waals surface area (Å²) in [5, 5.41) is 8.85. The first-order valence-electron chi connectivity index (χ1n) is 5.19. The number of carbonyl (C=O) groups is 1. The van der Waals surface area contributed by atoms with E-state index in [0.717, 1.165) is 0 Å². The van der Waals surface area contributed by atoms with Crippen molar-refractivity contribution in [2.45, 2.75) is 19.9 Å². The Bertz CT molecular complexity index is 466. The summed E-state index contributed by atoms with van der Waals surface area (Å²) in [6.45, 7) is 1.92. The number of nitriles is 1. The Balaban J connectivity index is 3.00. The Labute approximate surface area is 98.8 Å². The molecule has 0 spiro atoms. The maximum absolute atomic E-state index is 13.6. The van der Waals surface area contributed by atoms with Crippen molar-refractivity contribution in [1.29, 1.82) is 5.26 Å². The summed E-state index contributed by atoms with van der Waals surface area (Å²) in [6, 6.07) is 4.53. The van der Waals surface area contributed by atoms with E-state index in [4.69, 9.17) is 15.7 Å². The third kappa shape index (κ3) is 3.26. The third-order valence-corrected chi connectivity index (χ3v) is 2.23. The van der Waals surface area contributed by atoms with Gasteiger partial charge in [-0.05, 0) is 24.6 Å². The zero-order valence-electron chi connectivity index (χ0n) is 9.50. The number of benzene rings is 1. The maximum atomic E-state index is 13.6. The molecule has 0 atom stereocenters. The van der Waals surface area contributed by atoms with Crippen molar-refractivity contribution in [1.82, 2.24) is 0 Å². The van der Waals surface area contributed by atoms with Crippen LogP contribution in [0, 0.1) is 17.1 Å². The first-order chi connectivity index (χ1) is 8.12. The summed E-state index contributed by atoms with van der Waals surface area (Å²) in [5.74, 6) is -1.01. The minimum absolute atomic E-state index is 0.0472. The van der Waals surface area contributed by atoms with Gasteiger partial charge in [0.05, 0.1) is 24.7 Å². The first-order valence-corrected chi connectivity index (χ1v) is 5.19. The van der Waals surface area contributed by atoms with E-state index >= 15 is 0 Å². The summed E-state index contributed by atoms with van der Waals surface area (Å²) in [5.41, 5.74) is 6.08. The van der Waals surface area contributed by atoms with E-state index in [-0.39, 0.29) is 30.7 Å². The van der Waals surface area contributed by atoms with Gasteiger partial charge in [-0.3, -0.25) is 4.79 Å². The number of nitrogens with zero attached hydrogens (tertiary/aromatic N) is 1. The fourth-order valence-electron chi connectivity index (χ4n) is 1.48. The highest BCUT2D eigenvalue weighted by molar-refractivity contribution is 5.72. The van der Waals surface area contributed by atoms with Crippen molar-refractivity contribution in [3.05, 3.63) is 34.6 Å². The lowest BCUT2D eigenvalue weighted by atomic mass is 10.0. The molecule has 17 heavy (non-hydrogen) atoms. The average Bonchev–Trinajstić information content (AvgIpc) is 2.28. The summed E-state index contributed by atoms with van der Waals surface area (Å²) < 4.78 is 18.3. The number of hydrogen-bond acceptors (Lipinski definition) is 4. The minimum atomic E-state index is -0.564. The Hall–Kier alpha value is -1.93. The lowest BCUT2D eigenvalue weighted by Gasteiger charge is -2.07. The van der Waals surface area contributed by atoms with Gasteiger partial charge in [-0.25, -0.2) is 4.39 Å². The van der Waals surface area contributed by atoms with Crippen molar-refractivity contribution in [3.8, 4) is 6.07 Å². The van der Waals surface area contributed by atoms with E-state index in [1.807, 2.05) is 6.07 Å². The van der Waals surface area contributed by atoms with Gasteiger partial charge >= 0.3 is 5.97 Å². The zero-order chi connectivity index (χ0) is 12.8. The second kappa shape index (κ2) is 5.97. The average molecular weight is 236 g/mol. The van der Waals surface area contributed by atoms with Crippen LogP contribution in [0.2, 0.25) is 0 Å². The molecule has 0 aliphatic carbocycles. The Morgan fingerprint density at radius 3 is 2.82 bits per heavy atom. The number of rotatable bonds is 4. The highest BCUT2D eigenvalue weighted by Gasteiger charge is 2.12. The van der Waals surface area contributed by atoms with Crippen molar-refractivity contribution >= 4 is 5.97 Å². The highest BCUT2D eigenvalue weighted by Crippen LogP contribution is 2.16. The molecule has 0 unspecified atom stereocenters. The Morgan fingerprint density at radius 1 is 1.59 bits per heavy atom. The molecule has 0 radical (unpaired) electrons. The predicted octanol–water partition coefficient (Wildman–Crippen LogP) is 1.26. The van der Waals surface area contributed by atoms with Gasteiger partial charge in [0.25, 0.3) is 0 Å². The van der Waals surface area contributed by atoms with Crippen LogP contribution in [0.1, 0.15) is 23.6 Å². The summed E-state index contributed by atoms with van der Waals surface area (Å²) in [6.07, 6.45) is -0.0513. The molecule has 1 aromatic carbocycles. The lowest BCUT2D eigenvalue weighted by molar-refractivity contribution is -0.142. The van der Waals surface area contributed by atoms with Crippen LogP contribution in [0.3, 0.4) is 0 Å². The summed E-state index contributed by atoms with van der Waals surface area (Å²) >= 11 is 0. The molecule has 1 aromatic rings. The third-order valence-electron chi connectivity index (χ3n) is 2.23. The van der Waals surface area contributed by atoms with E-state index in [9.17, 15) is 9.18 Å². The van der Waals surface area contributed by atoms with Gasteiger partial charge in [0, 0.05) is 12.1 Å². The van der Waals surface area contributed by atoms with Crippen LogP contribution in [0.15, 0.2) is 12.1 Å². The number of ether oxygens (including phenoxy) is 1. The van der Waals surface area contributed by atoms with E-state index < -0.39 is 11.8 Å². The molecule has 0 aromatic heterocycles. The molecule has 90 valence electrons. The topological polar surface area (TPSA) is 76.1 Å². The molecule has 4 nitrogen and oxygen atoms in total. The number of nitrogens with two attached hydrogens (primary N) is 1. The Kier molecular flexibility index (Phi) is 4.61. The molecule has 0 saturated carbocycles. The van der Waals surface area contributed by atoms with Gasteiger partial charge in [-0.15, -0.1) is 0 Å². The number of halogens is 1. The van der Waals surface area contributed by atoms with E-state index in [1.54, 1.807) is 6.92 Å². The van der Waals surface area contributed by atoms with Crippen molar-refractivity contribution < 1.29 is 13.9 Å². The van der Waals surface area contributed by atoms with Gasteiger partial charge < -0.3 is 10.5 Å². The Morgan fingerprint density at radius 2 is 2.29 bits per heavy atom. The van der Waals surface area contributed by atoms with Crippen molar-refractivity contribution in [3.63, 3.8) is 0 Å². The largest absolute Gasteiger partial charge is 0.466 e. The second-order valence-corrected chi connectivity index (χ2v) is 3.40. The minimum Gasteiger partial charge on any atom is -0.466 e. The molecule has 0 bridgehead atoms. The predicted molar refractivity (Wildman–Crippen MR) is 59.3 cm³/mol. The van der Waals surface area contributed by atoms with E-state index in [0.29, 0.717) is 5.56 Å². The van der Waals surface area contributed by atoms with Crippen LogP contribution in [-0.2, 0) is 22.5 Å². The van der Waals surface area contributed by atoms with Gasteiger partial charge in [-0.2, -0.15) is 5.26 Å². The van der Waals surface area contributed by atoms with Gasteiger partial charge in [0.1, 0.15) is 5.82 Å². The number of esters is 1. The van der Waals surface area contributed by atoms with Crippen molar-refractivity contribution in [2.24, 2.45) is 5.73 Å². The SMILES string of the molecule is CCOC(=O)Cc1cc(F)c(CN)c(C#N)c1. The molecule has 1 rings (SSSR count). The van der Waals surface area contributed by atoms with Crippen LogP contribution < -0.4 is 5.73 Å². The number of hydrogen-bond donors (Lipinski definition) is 1. The zero-order valence-corrected chi connectivity index (χ0v) is 9.50. The van der Waals surface area contributed by atoms with E-state index in [1.165, 1.54) is 12.1 Å². The van der Waals surface area contributed by atoms with Crippen LogP contribution in [0.5, 0.6) is 0 Å². The summed E-state index contributed by atoms with van der Waals surface area (Å²) in [4.78, 5) is 11.2. The van der Waals surface area contributed by atoms with Crippen molar-refractivity contribution in [2.75, 3.05) is 6.61 Å². The van der Waals surface area contributed by atoms with E-state index in [2.05, 4.69) is 0 Å². The molecular weight excluding hydrogens is 223 g/mol. The first kappa shape index (κ1) is 13.1. The summed E-state index contributed by atoms with van der Waals surface area (Å²) in [7, 11) is 0. The lowest BCUT2D eigenvalue weighted by Crippen LogP contribution is -2.10. The normalized spacial score (nSPS) is 9.76. The molecule has 0 heterocycles. The molecule has 0 fully saturated rings. The maximum Gasteiger partial charge on any atom is 0.310 e. The van der Waals surface area contributed by atoms with Crippen LogP contribution in [0.4, 0.5) is 4.39 Å². The molecule has 0 amide bonds. The molecule has 0 saturated heterocycles.